The molecule has 1 rings (SSSR count). The third-order valence-electron chi connectivity index (χ3n) is 2.09. The van der Waals surface area contributed by atoms with E-state index in [0.717, 1.165) is 22.9 Å². The second-order valence-electron chi connectivity index (χ2n) is 3.19. The Morgan fingerprint density at radius 2 is 1.93 bits per heavy atom. The second kappa shape index (κ2) is 5.14. The van der Waals surface area contributed by atoms with Crippen molar-refractivity contribution in [2.75, 3.05) is 0 Å². The fraction of sp³-hybridized carbons (Fsp3) is 0.400. The van der Waals surface area contributed by atoms with E-state index >= 15 is 0 Å². The molecule has 0 aromatic heterocycles. The molecule has 4 heteroatoms. The van der Waals surface area contributed by atoms with Gasteiger partial charge in [0.15, 0.2) is 0 Å². The number of nitrogens with two attached hydrogens (primary N) is 1. The molecule has 0 heterocycles. The van der Waals surface area contributed by atoms with Crippen molar-refractivity contribution in [3.05, 3.63) is 26.6 Å². The number of hydrogen-bond donors (Lipinski definition) is 2. The molecule has 0 aliphatic rings. The fourth-order valence-electron chi connectivity index (χ4n) is 1.36. The summed E-state index contributed by atoms with van der Waals surface area (Å²) in [6, 6.07) is 3.56. The summed E-state index contributed by atoms with van der Waals surface area (Å²) in [5.74, 6) is 0.236. The molecular formula is C10H13Br2NO. The Kier molecular flexibility index (Phi) is 4.41. The molecule has 0 unspecified atom stereocenters. The predicted octanol–water partition coefficient (Wildman–Crippen LogP) is 3.72. The van der Waals surface area contributed by atoms with Crippen molar-refractivity contribution in [2.24, 2.45) is 5.73 Å². The summed E-state index contributed by atoms with van der Waals surface area (Å²) in [4.78, 5) is 0. The minimum atomic E-state index is -0.119. The van der Waals surface area contributed by atoms with Gasteiger partial charge in [0.1, 0.15) is 5.75 Å². The topological polar surface area (TPSA) is 46.2 Å². The van der Waals surface area contributed by atoms with Crippen LogP contribution < -0.4 is 5.73 Å². The number of phenolic OH excluding ortho intramolecular Hbond substituents is 1. The van der Waals surface area contributed by atoms with Crippen LogP contribution in [0.5, 0.6) is 5.75 Å². The average molecular weight is 323 g/mol. The van der Waals surface area contributed by atoms with Gasteiger partial charge in [-0.1, -0.05) is 29.3 Å². The van der Waals surface area contributed by atoms with Gasteiger partial charge in [0, 0.05) is 16.1 Å². The van der Waals surface area contributed by atoms with Crippen molar-refractivity contribution in [3.63, 3.8) is 0 Å². The Hall–Kier alpha value is -0.0600. The molecule has 0 bridgehead atoms. The number of halogens is 2. The first kappa shape index (κ1) is 12.0. The summed E-state index contributed by atoms with van der Waals surface area (Å²) >= 11 is 6.66. The lowest BCUT2D eigenvalue weighted by Crippen LogP contribution is -2.10. The quantitative estimate of drug-likeness (QED) is 0.891. The number of benzene rings is 1. The number of phenols is 1. The van der Waals surface area contributed by atoms with Gasteiger partial charge in [0.05, 0.1) is 4.47 Å². The lowest BCUT2D eigenvalue weighted by atomic mass is 10.0. The van der Waals surface area contributed by atoms with Gasteiger partial charge in [-0.25, -0.2) is 0 Å². The van der Waals surface area contributed by atoms with Crippen molar-refractivity contribution in [1.82, 2.24) is 0 Å². The summed E-state index contributed by atoms with van der Waals surface area (Å²) < 4.78 is 1.54. The summed E-state index contributed by atoms with van der Waals surface area (Å²) in [5, 5.41) is 9.82. The first-order valence-electron chi connectivity index (χ1n) is 4.50. The molecule has 14 heavy (non-hydrogen) atoms. The maximum Gasteiger partial charge on any atom is 0.135 e. The zero-order chi connectivity index (χ0) is 10.7. The molecule has 0 spiro atoms. The maximum absolute atomic E-state index is 9.82. The van der Waals surface area contributed by atoms with Gasteiger partial charge in [-0.05, 0) is 34.5 Å². The molecule has 1 atom stereocenters. The SMILES string of the molecule is CCC[C@@H](N)c1c(Br)ccc(Br)c1O. The summed E-state index contributed by atoms with van der Waals surface area (Å²) in [6.07, 6.45) is 1.86. The van der Waals surface area contributed by atoms with E-state index in [4.69, 9.17) is 5.73 Å². The predicted molar refractivity (Wildman–Crippen MR) is 65.3 cm³/mol. The van der Waals surface area contributed by atoms with E-state index in [2.05, 4.69) is 38.8 Å². The van der Waals surface area contributed by atoms with Gasteiger partial charge >= 0.3 is 0 Å². The van der Waals surface area contributed by atoms with Gasteiger partial charge < -0.3 is 10.8 Å². The van der Waals surface area contributed by atoms with Crippen LogP contribution in [0.15, 0.2) is 21.1 Å². The molecule has 0 radical (unpaired) electrons. The van der Waals surface area contributed by atoms with Crippen molar-refractivity contribution < 1.29 is 5.11 Å². The normalized spacial score (nSPS) is 12.9. The zero-order valence-electron chi connectivity index (χ0n) is 7.93. The standard InChI is InChI=1S/C10H13Br2NO/c1-2-3-8(13)9-6(11)4-5-7(12)10(9)14/h4-5,8,14H,2-3,13H2,1H3/t8-/m1/s1. The van der Waals surface area contributed by atoms with E-state index in [9.17, 15) is 5.11 Å². The fourth-order valence-corrected chi connectivity index (χ4v) is 2.32. The monoisotopic (exact) mass is 321 g/mol. The minimum Gasteiger partial charge on any atom is -0.506 e. The Labute approximate surface area is 101 Å². The molecule has 0 aliphatic heterocycles. The Bertz CT molecular complexity index is 328. The number of aromatic hydroxyl groups is 1. The van der Waals surface area contributed by atoms with Crippen LogP contribution in [0, 0.1) is 0 Å². The van der Waals surface area contributed by atoms with E-state index in [1.807, 2.05) is 6.07 Å². The molecule has 0 saturated heterocycles. The van der Waals surface area contributed by atoms with Crippen molar-refractivity contribution in [3.8, 4) is 5.75 Å². The van der Waals surface area contributed by atoms with Crippen molar-refractivity contribution in [1.29, 1.82) is 0 Å². The van der Waals surface area contributed by atoms with Gasteiger partial charge in [-0.3, -0.25) is 0 Å². The van der Waals surface area contributed by atoms with E-state index in [-0.39, 0.29) is 11.8 Å². The number of hydrogen-bond acceptors (Lipinski definition) is 2. The zero-order valence-corrected chi connectivity index (χ0v) is 11.1. The van der Waals surface area contributed by atoms with Crippen LogP contribution in [0.4, 0.5) is 0 Å². The van der Waals surface area contributed by atoms with E-state index < -0.39 is 0 Å². The second-order valence-corrected chi connectivity index (χ2v) is 4.90. The third-order valence-corrected chi connectivity index (χ3v) is 3.42. The van der Waals surface area contributed by atoms with Crippen LogP contribution in [0.2, 0.25) is 0 Å². The molecule has 1 aromatic carbocycles. The molecule has 78 valence electrons. The molecule has 2 nitrogen and oxygen atoms in total. The molecule has 3 N–H and O–H groups in total. The largest absolute Gasteiger partial charge is 0.506 e. The van der Waals surface area contributed by atoms with Crippen LogP contribution >= 0.6 is 31.9 Å². The average Bonchev–Trinajstić information content (AvgIpc) is 2.13. The van der Waals surface area contributed by atoms with Gasteiger partial charge in [-0.15, -0.1) is 0 Å². The first-order chi connectivity index (χ1) is 6.57. The smallest absolute Gasteiger partial charge is 0.135 e. The maximum atomic E-state index is 9.82. The molecule has 0 saturated carbocycles. The van der Waals surface area contributed by atoms with Crippen LogP contribution in [0.1, 0.15) is 31.4 Å². The Morgan fingerprint density at radius 3 is 2.50 bits per heavy atom. The highest BCUT2D eigenvalue weighted by atomic mass is 79.9. The van der Waals surface area contributed by atoms with Crippen LogP contribution in [-0.4, -0.2) is 5.11 Å². The van der Waals surface area contributed by atoms with Gasteiger partial charge in [0.2, 0.25) is 0 Å². The summed E-state index contributed by atoms with van der Waals surface area (Å²) in [6.45, 7) is 2.07. The Balaban J connectivity index is 3.11. The lowest BCUT2D eigenvalue weighted by molar-refractivity contribution is 0.454. The lowest BCUT2D eigenvalue weighted by Gasteiger charge is -2.15. The third kappa shape index (κ3) is 2.49. The van der Waals surface area contributed by atoms with Crippen molar-refractivity contribution in [2.45, 2.75) is 25.8 Å². The first-order valence-corrected chi connectivity index (χ1v) is 6.09. The highest BCUT2D eigenvalue weighted by Crippen LogP contribution is 2.37. The van der Waals surface area contributed by atoms with Crippen LogP contribution in [0.3, 0.4) is 0 Å². The molecular weight excluding hydrogens is 310 g/mol. The summed E-state index contributed by atoms with van der Waals surface area (Å²) in [5.41, 5.74) is 6.74. The Morgan fingerprint density at radius 1 is 1.36 bits per heavy atom. The van der Waals surface area contributed by atoms with Crippen LogP contribution in [0.25, 0.3) is 0 Å². The van der Waals surface area contributed by atoms with Gasteiger partial charge in [0.25, 0.3) is 0 Å². The molecule has 1 aromatic rings. The molecule has 0 aliphatic carbocycles. The summed E-state index contributed by atoms with van der Waals surface area (Å²) in [7, 11) is 0. The van der Waals surface area contributed by atoms with E-state index in [1.54, 1.807) is 6.07 Å². The highest BCUT2D eigenvalue weighted by molar-refractivity contribution is 9.11. The minimum absolute atomic E-state index is 0.119. The highest BCUT2D eigenvalue weighted by Gasteiger charge is 2.15. The number of rotatable bonds is 3. The van der Waals surface area contributed by atoms with Crippen molar-refractivity contribution >= 4 is 31.9 Å². The molecule has 0 amide bonds. The molecule has 0 fully saturated rings. The van der Waals surface area contributed by atoms with Crippen LogP contribution in [-0.2, 0) is 0 Å². The van der Waals surface area contributed by atoms with Gasteiger partial charge in [-0.2, -0.15) is 0 Å². The van der Waals surface area contributed by atoms with E-state index in [0.29, 0.717) is 4.47 Å². The van der Waals surface area contributed by atoms with E-state index in [1.165, 1.54) is 0 Å².